The van der Waals surface area contributed by atoms with Crippen LogP contribution < -0.4 is 5.19 Å². The fourth-order valence-electron chi connectivity index (χ4n) is 1.76. The molecule has 0 spiro atoms. The van der Waals surface area contributed by atoms with Gasteiger partial charge in [-0.05, 0) is 31.0 Å². The molecule has 1 rings (SSSR count). The van der Waals surface area contributed by atoms with Crippen LogP contribution in [0.15, 0.2) is 6.07 Å². The van der Waals surface area contributed by atoms with E-state index in [0.717, 1.165) is 26.9 Å². The topological polar surface area (TPSA) is 26.3 Å². The van der Waals surface area contributed by atoms with Gasteiger partial charge in [0.1, 0.15) is 0 Å². The van der Waals surface area contributed by atoms with Crippen molar-refractivity contribution < 1.29 is 9.53 Å². The Bertz CT molecular complexity index is 470. The molecule has 0 aliphatic rings. The Morgan fingerprint density at radius 2 is 2.19 bits per heavy atom. The predicted molar refractivity (Wildman–Crippen MR) is 69.4 cm³/mol. The van der Waals surface area contributed by atoms with Crippen LogP contribution in [0.5, 0.6) is 0 Å². The number of ether oxygens (including phenoxy) is 1. The second kappa shape index (κ2) is 5.00. The number of hydrogen-bond donors (Lipinski definition) is 0. The molecule has 2 nitrogen and oxygen atoms in total. The Hall–Kier alpha value is -1.53. The Balaban J connectivity index is 3.47. The first kappa shape index (κ1) is 12.5. The maximum absolute atomic E-state index is 11.6. The molecular weight excluding hydrogens is 216 g/mol. The van der Waals surface area contributed by atoms with Crippen molar-refractivity contribution in [3.05, 3.63) is 28.3 Å². The average Bonchev–Trinajstić information content (AvgIpc) is 2.28. The third kappa shape index (κ3) is 2.17. The van der Waals surface area contributed by atoms with Crippen molar-refractivity contribution in [2.45, 2.75) is 20.3 Å². The SMILES string of the molecule is C#CCc1c(C(=O)OC)cc(C)c([SiH3])c1C. The first-order valence-electron chi connectivity index (χ1n) is 5.14. The average molecular weight is 232 g/mol. The Kier molecular flexibility index (Phi) is 3.91. The van der Waals surface area contributed by atoms with Crippen LogP contribution in [0, 0.1) is 26.2 Å². The van der Waals surface area contributed by atoms with Gasteiger partial charge in [-0.15, -0.1) is 12.3 Å². The van der Waals surface area contributed by atoms with Crippen molar-refractivity contribution >= 4 is 21.4 Å². The summed E-state index contributed by atoms with van der Waals surface area (Å²) in [4.78, 5) is 11.6. The fraction of sp³-hybridized carbons (Fsp3) is 0.308. The molecule has 0 radical (unpaired) electrons. The van der Waals surface area contributed by atoms with Gasteiger partial charge in [-0.2, -0.15) is 0 Å². The minimum atomic E-state index is -0.307. The molecule has 0 N–H and O–H groups in total. The van der Waals surface area contributed by atoms with Gasteiger partial charge in [-0.25, -0.2) is 4.79 Å². The molecule has 0 atom stereocenters. The molecule has 0 aromatic heterocycles. The standard InChI is InChI=1S/C13H16O2Si/c1-5-6-10-9(3)12(16)8(2)7-11(10)13(14)15-4/h1,7H,6H2,2-4,16H3. The van der Waals surface area contributed by atoms with Crippen molar-refractivity contribution in [3.8, 4) is 12.3 Å². The van der Waals surface area contributed by atoms with Gasteiger partial charge in [-0.3, -0.25) is 0 Å². The van der Waals surface area contributed by atoms with E-state index in [4.69, 9.17) is 11.2 Å². The summed E-state index contributed by atoms with van der Waals surface area (Å²) in [6.45, 7) is 4.04. The van der Waals surface area contributed by atoms with Gasteiger partial charge in [0.15, 0.2) is 0 Å². The van der Waals surface area contributed by atoms with Crippen LogP contribution in [0.25, 0.3) is 0 Å². The molecule has 0 bridgehead atoms. The minimum absolute atomic E-state index is 0.307. The van der Waals surface area contributed by atoms with Crippen molar-refractivity contribution in [1.29, 1.82) is 0 Å². The van der Waals surface area contributed by atoms with Crippen LogP contribution in [-0.4, -0.2) is 23.3 Å². The second-order valence-corrected chi connectivity index (χ2v) is 4.84. The Morgan fingerprint density at radius 1 is 1.56 bits per heavy atom. The summed E-state index contributed by atoms with van der Waals surface area (Å²) in [5.74, 6) is 2.29. The molecule has 0 saturated carbocycles. The van der Waals surface area contributed by atoms with E-state index < -0.39 is 0 Å². The zero-order valence-electron chi connectivity index (χ0n) is 10.2. The van der Waals surface area contributed by atoms with E-state index in [9.17, 15) is 4.79 Å². The highest BCUT2D eigenvalue weighted by molar-refractivity contribution is 6.34. The van der Waals surface area contributed by atoms with E-state index in [0.29, 0.717) is 12.0 Å². The largest absolute Gasteiger partial charge is 0.465 e. The molecule has 16 heavy (non-hydrogen) atoms. The maximum atomic E-state index is 11.6. The van der Waals surface area contributed by atoms with Gasteiger partial charge in [0, 0.05) is 16.7 Å². The van der Waals surface area contributed by atoms with E-state index in [1.807, 2.05) is 19.9 Å². The summed E-state index contributed by atoms with van der Waals surface area (Å²) in [7, 11) is 2.35. The molecule has 0 aliphatic heterocycles. The molecule has 1 aromatic rings. The summed E-state index contributed by atoms with van der Waals surface area (Å²) < 4.78 is 4.78. The molecule has 0 aliphatic carbocycles. The summed E-state index contributed by atoms with van der Waals surface area (Å²) >= 11 is 0. The monoisotopic (exact) mass is 232 g/mol. The molecule has 0 heterocycles. The lowest BCUT2D eigenvalue weighted by Gasteiger charge is -2.14. The lowest BCUT2D eigenvalue weighted by atomic mass is 9.96. The number of carbonyl (C=O) groups excluding carboxylic acids is 1. The molecule has 1 aromatic carbocycles. The first-order valence-corrected chi connectivity index (χ1v) is 6.14. The number of methoxy groups -OCH3 is 1. The smallest absolute Gasteiger partial charge is 0.338 e. The summed E-state index contributed by atoms with van der Waals surface area (Å²) in [6.07, 6.45) is 5.82. The predicted octanol–water partition coefficient (Wildman–Crippen LogP) is 0.256. The Labute approximate surface area is 99.4 Å². The Morgan fingerprint density at radius 3 is 2.69 bits per heavy atom. The van der Waals surface area contributed by atoms with E-state index in [2.05, 4.69) is 5.92 Å². The number of rotatable bonds is 2. The van der Waals surface area contributed by atoms with Crippen LogP contribution in [0.3, 0.4) is 0 Å². The number of aryl methyl sites for hydroxylation is 1. The molecule has 3 heteroatoms. The van der Waals surface area contributed by atoms with E-state index in [-0.39, 0.29) is 5.97 Å². The van der Waals surface area contributed by atoms with E-state index in [1.54, 1.807) is 0 Å². The van der Waals surface area contributed by atoms with Crippen LogP contribution in [0.1, 0.15) is 27.0 Å². The zero-order valence-corrected chi connectivity index (χ0v) is 12.2. The maximum Gasteiger partial charge on any atom is 0.338 e. The second-order valence-electron chi connectivity index (χ2n) is 3.84. The molecule has 0 saturated heterocycles. The molecule has 0 fully saturated rings. The van der Waals surface area contributed by atoms with Crippen LogP contribution in [0.4, 0.5) is 0 Å². The molecule has 84 valence electrons. The highest BCUT2D eigenvalue weighted by Crippen LogP contribution is 2.16. The van der Waals surface area contributed by atoms with Crippen molar-refractivity contribution in [3.63, 3.8) is 0 Å². The van der Waals surface area contributed by atoms with E-state index in [1.165, 1.54) is 12.3 Å². The number of benzene rings is 1. The first-order chi connectivity index (χ1) is 7.52. The van der Waals surface area contributed by atoms with Crippen molar-refractivity contribution in [2.75, 3.05) is 7.11 Å². The van der Waals surface area contributed by atoms with Gasteiger partial charge >= 0.3 is 5.97 Å². The number of hydrogen-bond acceptors (Lipinski definition) is 2. The molecule has 0 amide bonds. The third-order valence-electron chi connectivity index (χ3n) is 2.98. The fourth-order valence-corrected chi connectivity index (χ4v) is 2.20. The number of terminal acetylenes is 1. The number of esters is 1. The molecular formula is C13H16O2Si. The van der Waals surface area contributed by atoms with Crippen molar-refractivity contribution in [1.82, 2.24) is 0 Å². The van der Waals surface area contributed by atoms with Gasteiger partial charge in [0.25, 0.3) is 0 Å². The van der Waals surface area contributed by atoms with Crippen LogP contribution in [-0.2, 0) is 11.2 Å². The highest BCUT2D eigenvalue weighted by atomic mass is 28.1. The highest BCUT2D eigenvalue weighted by Gasteiger charge is 2.15. The zero-order chi connectivity index (χ0) is 12.3. The minimum Gasteiger partial charge on any atom is -0.465 e. The summed E-state index contributed by atoms with van der Waals surface area (Å²) in [5, 5.41) is 1.32. The molecule has 0 unspecified atom stereocenters. The quantitative estimate of drug-likeness (QED) is 0.415. The van der Waals surface area contributed by atoms with Crippen LogP contribution in [0.2, 0.25) is 0 Å². The van der Waals surface area contributed by atoms with Gasteiger partial charge < -0.3 is 4.74 Å². The van der Waals surface area contributed by atoms with Gasteiger partial charge in [0.05, 0.1) is 12.7 Å². The van der Waals surface area contributed by atoms with Gasteiger partial charge in [-0.1, -0.05) is 10.8 Å². The summed E-state index contributed by atoms with van der Waals surface area (Å²) in [6, 6.07) is 1.88. The van der Waals surface area contributed by atoms with Gasteiger partial charge in [0.2, 0.25) is 0 Å². The normalized spacial score (nSPS) is 9.88. The third-order valence-corrected chi connectivity index (χ3v) is 4.52. The van der Waals surface area contributed by atoms with E-state index >= 15 is 0 Å². The lowest BCUT2D eigenvalue weighted by molar-refractivity contribution is 0.0599. The van der Waals surface area contributed by atoms with Crippen molar-refractivity contribution in [2.24, 2.45) is 0 Å². The lowest BCUT2D eigenvalue weighted by Crippen LogP contribution is -2.19. The number of carbonyl (C=O) groups is 1. The summed E-state index contributed by atoms with van der Waals surface area (Å²) in [5.41, 5.74) is 3.83. The van der Waals surface area contributed by atoms with Crippen LogP contribution >= 0.6 is 0 Å².